The standard InChI is InChI=1S/C17H21NOS2/c1-13(2)15-7-5-14(6-8-15)11-20-12-17(19)18-10-16-4-3-9-21-16/h3-9,13H,10-12H2,1-2H3,(H,18,19). The summed E-state index contributed by atoms with van der Waals surface area (Å²) in [4.78, 5) is 12.9. The zero-order valence-electron chi connectivity index (χ0n) is 12.5. The minimum absolute atomic E-state index is 0.104. The molecule has 0 saturated carbocycles. The molecule has 21 heavy (non-hydrogen) atoms. The quantitative estimate of drug-likeness (QED) is 0.818. The van der Waals surface area contributed by atoms with E-state index in [1.807, 2.05) is 17.5 Å². The Morgan fingerprint density at radius 2 is 2.00 bits per heavy atom. The number of carbonyl (C=O) groups excluding carboxylic acids is 1. The summed E-state index contributed by atoms with van der Waals surface area (Å²) in [6.45, 7) is 5.03. The molecule has 1 heterocycles. The number of nitrogens with one attached hydrogen (secondary N) is 1. The van der Waals surface area contributed by atoms with Gasteiger partial charge in [-0.1, -0.05) is 44.2 Å². The third-order valence-corrected chi connectivity index (χ3v) is 5.07. The maximum Gasteiger partial charge on any atom is 0.230 e. The van der Waals surface area contributed by atoms with Crippen LogP contribution in [0.15, 0.2) is 41.8 Å². The Bertz CT molecular complexity index is 547. The minimum Gasteiger partial charge on any atom is -0.350 e. The monoisotopic (exact) mass is 319 g/mol. The molecule has 2 rings (SSSR count). The topological polar surface area (TPSA) is 29.1 Å². The smallest absolute Gasteiger partial charge is 0.230 e. The predicted octanol–water partition coefficient (Wildman–Crippen LogP) is 4.42. The highest BCUT2D eigenvalue weighted by Crippen LogP contribution is 2.17. The van der Waals surface area contributed by atoms with Crippen LogP contribution in [0.1, 0.15) is 35.8 Å². The lowest BCUT2D eigenvalue weighted by Gasteiger charge is -2.07. The normalized spacial score (nSPS) is 10.8. The van der Waals surface area contributed by atoms with E-state index in [0.717, 1.165) is 5.75 Å². The number of hydrogen-bond donors (Lipinski definition) is 1. The summed E-state index contributed by atoms with van der Waals surface area (Å²) in [6.07, 6.45) is 0. The van der Waals surface area contributed by atoms with Gasteiger partial charge in [0.15, 0.2) is 0 Å². The number of thiophene rings is 1. The van der Waals surface area contributed by atoms with Crippen molar-refractivity contribution in [3.63, 3.8) is 0 Å². The van der Waals surface area contributed by atoms with Gasteiger partial charge < -0.3 is 5.32 Å². The Labute approximate surface area is 135 Å². The molecule has 4 heteroatoms. The zero-order valence-corrected chi connectivity index (χ0v) is 14.1. The van der Waals surface area contributed by atoms with E-state index in [0.29, 0.717) is 18.2 Å². The first kappa shape index (κ1) is 16.1. The lowest BCUT2D eigenvalue weighted by atomic mass is 10.0. The van der Waals surface area contributed by atoms with Crippen LogP contribution >= 0.6 is 23.1 Å². The van der Waals surface area contributed by atoms with Crippen molar-refractivity contribution in [1.82, 2.24) is 5.32 Å². The summed E-state index contributed by atoms with van der Waals surface area (Å²) < 4.78 is 0. The molecule has 2 aromatic rings. The fourth-order valence-corrected chi connectivity index (χ4v) is 3.37. The van der Waals surface area contributed by atoms with Crippen LogP contribution in [0.2, 0.25) is 0 Å². The van der Waals surface area contributed by atoms with Gasteiger partial charge in [0.25, 0.3) is 0 Å². The van der Waals surface area contributed by atoms with E-state index in [2.05, 4.69) is 43.4 Å². The summed E-state index contributed by atoms with van der Waals surface area (Å²) >= 11 is 3.32. The van der Waals surface area contributed by atoms with Gasteiger partial charge in [0.2, 0.25) is 5.91 Å². The number of hydrogen-bond acceptors (Lipinski definition) is 3. The summed E-state index contributed by atoms with van der Waals surface area (Å²) in [5.74, 6) is 2.06. The van der Waals surface area contributed by atoms with E-state index < -0.39 is 0 Å². The van der Waals surface area contributed by atoms with Gasteiger partial charge in [-0.25, -0.2) is 0 Å². The van der Waals surface area contributed by atoms with Crippen LogP contribution in [0.5, 0.6) is 0 Å². The maximum absolute atomic E-state index is 11.7. The Hall–Kier alpha value is -1.26. The van der Waals surface area contributed by atoms with Crippen LogP contribution in [-0.4, -0.2) is 11.7 Å². The van der Waals surface area contributed by atoms with Crippen LogP contribution < -0.4 is 5.32 Å². The Kier molecular flexibility index (Phi) is 6.33. The highest BCUT2D eigenvalue weighted by atomic mass is 32.2. The second kappa shape index (κ2) is 8.25. The molecule has 0 fully saturated rings. The second-order valence-corrected chi connectivity index (χ2v) is 7.26. The molecular formula is C17H21NOS2. The van der Waals surface area contributed by atoms with Crippen molar-refractivity contribution in [3.8, 4) is 0 Å². The summed E-state index contributed by atoms with van der Waals surface area (Å²) in [7, 11) is 0. The minimum atomic E-state index is 0.104. The Morgan fingerprint density at radius 1 is 1.24 bits per heavy atom. The molecule has 1 amide bonds. The molecule has 0 spiro atoms. The molecule has 0 atom stereocenters. The molecule has 0 aliphatic heterocycles. The highest BCUT2D eigenvalue weighted by molar-refractivity contribution is 7.99. The van der Waals surface area contributed by atoms with E-state index in [1.54, 1.807) is 23.1 Å². The second-order valence-electron chi connectivity index (χ2n) is 5.25. The molecule has 1 N–H and O–H groups in total. The van der Waals surface area contributed by atoms with Crippen LogP contribution in [0.25, 0.3) is 0 Å². The Balaban J connectivity index is 1.67. The number of rotatable bonds is 7. The summed E-state index contributed by atoms with van der Waals surface area (Å²) in [6, 6.07) is 12.7. The number of carbonyl (C=O) groups is 1. The largest absolute Gasteiger partial charge is 0.350 e. The molecule has 1 aromatic carbocycles. The first-order chi connectivity index (χ1) is 10.1. The van der Waals surface area contributed by atoms with Crippen LogP contribution in [0.3, 0.4) is 0 Å². The van der Waals surface area contributed by atoms with E-state index >= 15 is 0 Å². The van der Waals surface area contributed by atoms with Crippen molar-refractivity contribution >= 4 is 29.0 Å². The van der Waals surface area contributed by atoms with Crippen molar-refractivity contribution in [1.29, 1.82) is 0 Å². The fourth-order valence-electron chi connectivity index (χ4n) is 1.91. The van der Waals surface area contributed by atoms with Gasteiger partial charge in [-0.2, -0.15) is 0 Å². The molecule has 0 unspecified atom stereocenters. The van der Waals surface area contributed by atoms with Gasteiger partial charge in [0.1, 0.15) is 0 Å². The third-order valence-electron chi connectivity index (χ3n) is 3.19. The highest BCUT2D eigenvalue weighted by Gasteiger charge is 2.03. The van der Waals surface area contributed by atoms with Gasteiger partial charge in [-0.3, -0.25) is 4.79 Å². The molecule has 1 aromatic heterocycles. The molecule has 112 valence electrons. The zero-order chi connectivity index (χ0) is 15.1. The number of thioether (sulfide) groups is 1. The average Bonchev–Trinajstić information content (AvgIpc) is 2.99. The van der Waals surface area contributed by atoms with Gasteiger partial charge in [0.05, 0.1) is 12.3 Å². The van der Waals surface area contributed by atoms with E-state index in [-0.39, 0.29) is 5.91 Å². The fraction of sp³-hybridized carbons (Fsp3) is 0.353. The van der Waals surface area contributed by atoms with Crippen LogP contribution in [0, 0.1) is 0 Å². The van der Waals surface area contributed by atoms with Gasteiger partial charge in [0, 0.05) is 10.6 Å². The lowest BCUT2D eigenvalue weighted by molar-refractivity contribution is -0.118. The van der Waals surface area contributed by atoms with E-state index in [9.17, 15) is 4.79 Å². The molecule has 0 aliphatic rings. The number of amides is 1. The maximum atomic E-state index is 11.7. The van der Waals surface area contributed by atoms with Crippen molar-refractivity contribution < 1.29 is 4.79 Å². The first-order valence-electron chi connectivity index (χ1n) is 7.11. The van der Waals surface area contributed by atoms with Crippen molar-refractivity contribution in [2.75, 3.05) is 5.75 Å². The Morgan fingerprint density at radius 3 is 2.62 bits per heavy atom. The first-order valence-corrected chi connectivity index (χ1v) is 9.14. The van der Waals surface area contributed by atoms with Crippen molar-refractivity contribution in [2.45, 2.75) is 32.1 Å². The third kappa shape index (κ3) is 5.56. The van der Waals surface area contributed by atoms with E-state index in [4.69, 9.17) is 0 Å². The number of benzene rings is 1. The van der Waals surface area contributed by atoms with Crippen molar-refractivity contribution in [3.05, 3.63) is 57.8 Å². The lowest BCUT2D eigenvalue weighted by Crippen LogP contribution is -2.24. The van der Waals surface area contributed by atoms with Crippen LogP contribution in [0.4, 0.5) is 0 Å². The van der Waals surface area contributed by atoms with Gasteiger partial charge >= 0.3 is 0 Å². The van der Waals surface area contributed by atoms with E-state index in [1.165, 1.54) is 16.0 Å². The molecule has 0 saturated heterocycles. The molecule has 0 aliphatic carbocycles. The predicted molar refractivity (Wildman–Crippen MR) is 92.9 cm³/mol. The summed E-state index contributed by atoms with van der Waals surface area (Å²) in [5, 5.41) is 4.97. The molecule has 0 bridgehead atoms. The molecular weight excluding hydrogens is 298 g/mol. The summed E-state index contributed by atoms with van der Waals surface area (Å²) in [5.41, 5.74) is 2.63. The SMILES string of the molecule is CC(C)c1ccc(CSCC(=O)NCc2cccs2)cc1. The average molecular weight is 319 g/mol. The van der Waals surface area contributed by atoms with Crippen molar-refractivity contribution in [2.24, 2.45) is 0 Å². The van der Waals surface area contributed by atoms with Crippen LogP contribution in [-0.2, 0) is 17.1 Å². The van der Waals surface area contributed by atoms with Gasteiger partial charge in [-0.05, 0) is 28.5 Å². The van der Waals surface area contributed by atoms with Gasteiger partial charge in [-0.15, -0.1) is 23.1 Å². The molecule has 0 radical (unpaired) electrons. The molecule has 2 nitrogen and oxygen atoms in total.